The molecule has 0 heterocycles. The maximum Gasteiger partial charge on any atom is 0.316 e. The Morgan fingerprint density at radius 1 is 1.44 bits per heavy atom. The van der Waals surface area contributed by atoms with Crippen LogP contribution in [0.25, 0.3) is 0 Å². The molecule has 9 heavy (non-hydrogen) atoms. The van der Waals surface area contributed by atoms with Crippen LogP contribution < -0.4 is 0 Å². The maximum atomic E-state index is 10.3. The Hall–Kier alpha value is 0.0500. The van der Waals surface area contributed by atoms with Crippen molar-refractivity contribution in [3.05, 3.63) is 0 Å². The molecular weight excluding hydrogens is 161 g/mol. The second kappa shape index (κ2) is 6.17. The molecule has 0 N–H and O–H groups in total. The Kier molecular flexibility index (Phi) is 8.09. The van der Waals surface area contributed by atoms with Crippen LogP contribution in [-0.4, -0.2) is 23.4 Å². The number of hydrogen-bond donors (Lipinski definition) is 0. The summed E-state index contributed by atoms with van der Waals surface area (Å²) in [5, 5.41) is -0.366. The van der Waals surface area contributed by atoms with Gasteiger partial charge >= 0.3 is 5.37 Å². The molecule has 0 radical (unpaired) electrons. The monoisotopic (exact) mass is 171 g/mol. The number of carbonyl (C=O) groups excluding carboxylic acids is 1. The van der Waals surface area contributed by atoms with Crippen LogP contribution in [0.15, 0.2) is 0 Å². The van der Waals surface area contributed by atoms with Crippen molar-refractivity contribution >= 4 is 29.4 Å². The summed E-state index contributed by atoms with van der Waals surface area (Å²) in [6, 6.07) is 0. The Morgan fingerprint density at radius 3 is 1.78 bits per heavy atom. The summed E-state index contributed by atoms with van der Waals surface area (Å²) < 4.78 is 0. The molecule has 0 saturated carbocycles. The predicted molar refractivity (Wildman–Crippen MR) is 41.4 cm³/mol. The Balaban J connectivity index is 0. The van der Waals surface area contributed by atoms with Crippen LogP contribution in [0, 0.1) is 0 Å². The lowest BCUT2D eigenvalue weighted by atomic mass is 10.6. The van der Waals surface area contributed by atoms with Crippen LogP contribution >= 0.6 is 24.0 Å². The van der Waals surface area contributed by atoms with Crippen LogP contribution in [0.3, 0.4) is 0 Å². The highest BCUT2D eigenvalue weighted by molar-refractivity contribution is 6.62. The molecular formula is C5H11Cl2NO. The van der Waals surface area contributed by atoms with Crippen molar-refractivity contribution in [2.45, 2.75) is 13.8 Å². The molecule has 0 atom stereocenters. The van der Waals surface area contributed by atoms with Gasteiger partial charge in [-0.1, -0.05) is 0 Å². The van der Waals surface area contributed by atoms with Crippen LogP contribution in [0.2, 0.25) is 0 Å². The van der Waals surface area contributed by atoms with Crippen molar-refractivity contribution in [2.75, 3.05) is 13.1 Å². The molecule has 0 aromatic carbocycles. The Labute approximate surface area is 66.6 Å². The fraction of sp³-hybridized carbons (Fsp3) is 0.800. The summed E-state index contributed by atoms with van der Waals surface area (Å²) >= 11 is 5.13. The second-order valence-electron chi connectivity index (χ2n) is 1.43. The average molecular weight is 172 g/mol. The number of carbonyl (C=O) groups is 1. The van der Waals surface area contributed by atoms with E-state index in [1.807, 2.05) is 13.8 Å². The van der Waals surface area contributed by atoms with Crippen molar-refractivity contribution in [1.29, 1.82) is 0 Å². The van der Waals surface area contributed by atoms with E-state index in [0.717, 1.165) is 0 Å². The highest BCUT2D eigenvalue weighted by Gasteiger charge is 2.02. The topological polar surface area (TPSA) is 20.3 Å². The van der Waals surface area contributed by atoms with Gasteiger partial charge in [0.05, 0.1) is 0 Å². The molecule has 56 valence electrons. The normalized spacial score (nSPS) is 7.89. The minimum Gasteiger partial charge on any atom is -0.330 e. The third-order valence-electron chi connectivity index (χ3n) is 1.01. The number of nitrogens with zero attached hydrogens (tertiary/aromatic N) is 1. The molecule has 2 nitrogen and oxygen atoms in total. The van der Waals surface area contributed by atoms with Gasteiger partial charge in [0.25, 0.3) is 0 Å². The molecule has 0 aliphatic rings. The van der Waals surface area contributed by atoms with Gasteiger partial charge in [-0.2, -0.15) is 0 Å². The van der Waals surface area contributed by atoms with Crippen LogP contribution in [0.4, 0.5) is 4.79 Å². The van der Waals surface area contributed by atoms with Gasteiger partial charge in [0.2, 0.25) is 0 Å². The summed E-state index contributed by atoms with van der Waals surface area (Å²) in [5.41, 5.74) is 0. The van der Waals surface area contributed by atoms with E-state index in [1.54, 1.807) is 4.90 Å². The zero-order valence-electron chi connectivity index (χ0n) is 5.56. The smallest absolute Gasteiger partial charge is 0.316 e. The average Bonchev–Trinajstić information content (AvgIpc) is 1.69. The fourth-order valence-corrected chi connectivity index (χ4v) is 0.711. The van der Waals surface area contributed by atoms with E-state index in [9.17, 15) is 4.79 Å². The first kappa shape index (κ1) is 11.8. The van der Waals surface area contributed by atoms with E-state index in [-0.39, 0.29) is 17.8 Å². The minimum atomic E-state index is -0.366. The molecule has 0 bridgehead atoms. The van der Waals surface area contributed by atoms with Crippen molar-refractivity contribution in [1.82, 2.24) is 4.90 Å². The molecule has 1 amide bonds. The molecule has 0 aliphatic carbocycles. The quantitative estimate of drug-likeness (QED) is 0.461. The third kappa shape index (κ3) is 4.55. The lowest BCUT2D eigenvalue weighted by molar-refractivity contribution is 0.227. The van der Waals surface area contributed by atoms with Gasteiger partial charge in [0.15, 0.2) is 0 Å². The molecule has 0 unspecified atom stereocenters. The van der Waals surface area contributed by atoms with Crippen LogP contribution in [-0.2, 0) is 0 Å². The van der Waals surface area contributed by atoms with E-state index >= 15 is 0 Å². The summed E-state index contributed by atoms with van der Waals surface area (Å²) in [7, 11) is 0. The molecule has 0 rings (SSSR count). The predicted octanol–water partition coefficient (Wildman–Crippen LogP) is 2.11. The molecule has 0 fully saturated rings. The molecule has 0 spiro atoms. The standard InChI is InChI=1S/C5H10ClNO.ClH/c1-3-7(4-2)5(6)8;/h3-4H2,1-2H3;1H. The van der Waals surface area contributed by atoms with E-state index in [4.69, 9.17) is 11.6 Å². The van der Waals surface area contributed by atoms with Crippen LogP contribution in [0.5, 0.6) is 0 Å². The highest BCUT2D eigenvalue weighted by atomic mass is 35.5. The number of halogens is 2. The van der Waals surface area contributed by atoms with E-state index in [2.05, 4.69) is 0 Å². The zero-order chi connectivity index (χ0) is 6.57. The molecule has 0 aromatic rings. The number of hydrogen-bond acceptors (Lipinski definition) is 1. The van der Waals surface area contributed by atoms with E-state index in [1.165, 1.54) is 0 Å². The molecule has 0 aromatic heterocycles. The van der Waals surface area contributed by atoms with Crippen molar-refractivity contribution < 1.29 is 4.79 Å². The van der Waals surface area contributed by atoms with E-state index in [0.29, 0.717) is 13.1 Å². The zero-order valence-corrected chi connectivity index (χ0v) is 7.13. The largest absolute Gasteiger partial charge is 0.330 e. The summed E-state index contributed by atoms with van der Waals surface area (Å²) in [5.74, 6) is 0. The minimum absolute atomic E-state index is 0. The summed E-state index contributed by atoms with van der Waals surface area (Å²) in [6.45, 7) is 5.17. The van der Waals surface area contributed by atoms with Gasteiger partial charge in [-0.05, 0) is 25.4 Å². The van der Waals surface area contributed by atoms with Crippen molar-refractivity contribution in [3.8, 4) is 0 Å². The molecule has 0 aliphatic heterocycles. The number of amides is 1. The van der Waals surface area contributed by atoms with Gasteiger partial charge in [-0.25, -0.2) is 0 Å². The lowest BCUT2D eigenvalue weighted by Crippen LogP contribution is -2.24. The van der Waals surface area contributed by atoms with Gasteiger partial charge in [-0.15, -0.1) is 12.4 Å². The first-order chi connectivity index (χ1) is 3.72. The van der Waals surface area contributed by atoms with Gasteiger partial charge in [-0.3, -0.25) is 4.79 Å². The first-order valence-corrected chi connectivity index (χ1v) is 3.04. The lowest BCUT2D eigenvalue weighted by Gasteiger charge is -2.12. The SMILES string of the molecule is CCN(CC)C(=O)Cl.Cl. The Morgan fingerprint density at radius 2 is 1.78 bits per heavy atom. The van der Waals surface area contributed by atoms with Gasteiger partial charge in [0, 0.05) is 13.1 Å². The van der Waals surface area contributed by atoms with E-state index < -0.39 is 0 Å². The second-order valence-corrected chi connectivity index (χ2v) is 1.75. The summed E-state index contributed by atoms with van der Waals surface area (Å²) in [4.78, 5) is 11.8. The fourth-order valence-electron chi connectivity index (χ4n) is 0.472. The Bertz CT molecular complexity index is 83.0. The van der Waals surface area contributed by atoms with Gasteiger partial charge < -0.3 is 4.90 Å². The van der Waals surface area contributed by atoms with Crippen LogP contribution in [0.1, 0.15) is 13.8 Å². The third-order valence-corrected chi connectivity index (χ3v) is 1.25. The van der Waals surface area contributed by atoms with Crippen molar-refractivity contribution in [2.24, 2.45) is 0 Å². The first-order valence-electron chi connectivity index (χ1n) is 2.66. The summed E-state index contributed by atoms with van der Waals surface area (Å²) in [6.07, 6.45) is 0. The highest BCUT2D eigenvalue weighted by Crippen LogP contribution is 1.93. The molecule has 4 heteroatoms. The maximum absolute atomic E-state index is 10.3. The van der Waals surface area contributed by atoms with Crippen molar-refractivity contribution in [3.63, 3.8) is 0 Å². The van der Waals surface area contributed by atoms with Gasteiger partial charge in [0.1, 0.15) is 0 Å². The number of rotatable bonds is 2. The molecule has 0 saturated heterocycles.